The van der Waals surface area contributed by atoms with Crippen LogP contribution in [0.3, 0.4) is 0 Å². The molecule has 0 aliphatic carbocycles. The fraction of sp³-hybridized carbons (Fsp3) is 0.562. The second-order valence-electron chi connectivity index (χ2n) is 5.86. The van der Waals surface area contributed by atoms with Gasteiger partial charge in [-0.25, -0.2) is 0 Å². The molecule has 2 atom stereocenters. The van der Waals surface area contributed by atoms with Crippen LogP contribution >= 0.6 is 35.6 Å². The number of rotatable bonds is 4. The molecule has 23 heavy (non-hydrogen) atoms. The van der Waals surface area contributed by atoms with E-state index >= 15 is 0 Å². The number of halogens is 3. The van der Waals surface area contributed by atoms with Crippen LogP contribution in [0.4, 0.5) is 0 Å². The lowest BCUT2D eigenvalue weighted by molar-refractivity contribution is -0.139. The summed E-state index contributed by atoms with van der Waals surface area (Å²) in [6.07, 6.45) is 1.31. The Kier molecular flexibility index (Phi) is 7.95. The Morgan fingerprint density at radius 3 is 2.43 bits per heavy atom. The van der Waals surface area contributed by atoms with Gasteiger partial charge in [0.2, 0.25) is 0 Å². The molecule has 1 aliphatic rings. The van der Waals surface area contributed by atoms with Crippen LogP contribution in [0.25, 0.3) is 0 Å². The van der Waals surface area contributed by atoms with E-state index in [1.165, 1.54) is 0 Å². The van der Waals surface area contributed by atoms with Crippen molar-refractivity contribution in [2.24, 2.45) is 11.7 Å². The van der Waals surface area contributed by atoms with E-state index in [1.807, 2.05) is 11.8 Å². The van der Waals surface area contributed by atoms with Crippen molar-refractivity contribution >= 4 is 41.5 Å². The highest BCUT2D eigenvalue weighted by Crippen LogP contribution is 2.29. The van der Waals surface area contributed by atoms with Gasteiger partial charge < -0.3 is 15.4 Å². The molecule has 1 aliphatic heterocycles. The molecule has 1 aromatic carbocycles. The second-order valence-corrected chi connectivity index (χ2v) is 6.70. The van der Waals surface area contributed by atoms with Crippen molar-refractivity contribution in [3.63, 3.8) is 0 Å². The van der Waals surface area contributed by atoms with Crippen LogP contribution in [0, 0.1) is 5.92 Å². The first-order chi connectivity index (χ1) is 10.4. The molecule has 0 aromatic heterocycles. The van der Waals surface area contributed by atoms with Crippen molar-refractivity contribution in [3.05, 3.63) is 28.2 Å². The topological polar surface area (TPSA) is 55.6 Å². The van der Waals surface area contributed by atoms with Gasteiger partial charge in [0.05, 0.1) is 5.02 Å². The molecule has 1 saturated heterocycles. The third-order valence-electron chi connectivity index (χ3n) is 4.14. The number of hydrogen-bond acceptors (Lipinski definition) is 3. The number of amides is 1. The smallest absolute Gasteiger partial charge is 0.263 e. The number of nitrogens with two attached hydrogens (primary N) is 1. The molecule has 0 spiro atoms. The number of likely N-dealkylation sites (tertiary alicyclic amines) is 1. The van der Waals surface area contributed by atoms with Crippen molar-refractivity contribution in [2.75, 3.05) is 13.1 Å². The molecule has 7 heteroatoms. The Morgan fingerprint density at radius 2 is 1.91 bits per heavy atom. The minimum absolute atomic E-state index is 0. The summed E-state index contributed by atoms with van der Waals surface area (Å²) in [5, 5.41) is 0.942. The largest absolute Gasteiger partial charge is 0.479 e. The van der Waals surface area contributed by atoms with Crippen molar-refractivity contribution in [2.45, 2.75) is 38.8 Å². The minimum Gasteiger partial charge on any atom is -0.479 e. The van der Waals surface area contributed by atoms with E-state index in [9.17, 15) is 4.79 Å². The lowest BCUT2D eigenvalue weighted by Crippen LogP contribution is -2.46. The van der Waals surface area contributed by atoms with Crippen LogP contribution in [0.5, 0.6) is 5.75 Å². The highest BCUT2D eigenvalue weighted by Gasteiger charge is 2.28. The third kappa shape index (κ3) is 5.42. The maximum atomic E-state index is 12.5. The predicted molar refractivity (Wildman–Crippen MR) is 96.8 cm³/mol. The molecule has 1 aromatic rings. The van der Waals surface area contributed by atoms with Gasteiger partial charge in [-0.3, -0.25) is 4.79 Å². The number of nitrogens with zero attached hydrogens (tertiary/aromatic N) is 1. The van der Waals surface area contributed by atoms with Crippen LogP contribution in [0.2, 0.25) is 10.0 Å². The van der Waals surface area contributed by atoms with Gasteiger partial charge in [0.25, 0.3) is 5.91 Å². The third-order valence-corrected chi connectivity index (χ3v) is 4.67. The number of ether oxygens (including phenoxy) is 1. The molecule has 4 nitrogen and oxygen atoms in total. The molecule has 1 fully saturated rings. The van der Waals surface area contributed by atoms with Crippen molar-refractivity contribution in [1.82, 2.24) is 4.90 Å². The van der Waals surface area contributed by atoms with Crippen molar-refractivity contribution in [3.8, 4) is 5.75 Å². The van der Waals surface area contributed by atoms with Crippen molar-refractivity contribution in [1.29, 1.82) is 0 Å². The Balaban J connectivity index is 0.00000264. The maximum absolute atomic E-state index is 12.5. The van der Waals surface area contributed by atoms with Gasteiger partial charge in [-0.1, -0.05) is 23.2 Å². The molecule has 0 radical (unpaired) electrons. The second kappa shape index (κ2) is 8.97. The Labute approximate surface area is 153 Å². The average molecular weight is 382 g/mol. The van der Waals surface area contributed by atoms with E-state index in [4.69, 9.17) is 33.7 Å². The van der Waals surface area contributed by atoms with Gasteiger partial charge in [0.1, 0.15) is 5.75 Å². The van der Waals surface area contributed by atoms with Crippen LogP contribution in [0.15, 0.2) is 18.2 Å². The summed E-state index contributed by atoms with van der Waals surface area (Å²) in [4.78, 5) is 14.3. The Hall–Kier alpha value is -0.680. The molecule has 2 N–H and O–H groups in total. The zero-order valence-corrected chi connectivity index (χ0v) is 15.6. The number of carbonyl (C=O) groups is 1. The number of carbonyl (C=O) groups excluding carboxylic acids is 1. The number of hydrogen-bond donors (Lipinski definition) is 1. The molecule has 130 valence electrons. The summed E-state index contributed by atoms with van der Waals surface area (Å²) < 4.78 is 5.68. The van der Waals surface area contributed by atoms with E-state index in [-0.39, 0.29) is 24.4 Å². The van der Waals surface area contributed by atoms with E-state index < -0.39 is 6.10 Å². The predicted octanol–water partition coefficient (Wildman–Crippen LogP) is 3.77. The monoisotopic (exact) mass is 380 g/mol. The lowest BCUT2D eigenvalue weighted by Gasteiger charge is -2.35. The summed E-state index contributed by atoms with van der Waals surface area (Å²) in [6, 6.07) is 5.15. The molecular formula is C16H23Cl3N2O2. The highest BCUT2D eigenvalue weighted by atomic mass is 35.5. The molecule has 1 amide bonds. The van der Waals surface area contributed by atoms with Crippen LogP contribution < -0.4 is 10.5 Å². The molecule has 0 bridgehead atoms. The van der Waals surface area contributed by atoms with Gasteiger partial charge in [-0.15, -0.1) is 12.4 Å². The first-order valence-electron chi connectivity index (χ1n) is 7.54. The molecule has 2 rings (SSSR count). The van der Waals surface area contributed by atoms with E-state index in [1.54, 1.807) is 25.1 Å². The zero-order chi connectivity index (χ0) is 16.3. The maximum Gasteiger partial charge on any atom is 0.263 e. The SMILES string of the molecule is CC(Oc1ccc(Cl)cc1Cl)C(=O)N1CCC(C(C)N)CC1.Cl. The summed E-state index contributed by atoms with van der Waals surface area (Å²) in [6.45, 7) is 5.22. The summed E-state index contributed by atoms with van der Waals surface area (Å²) >= 11 is 11.9. The molecule has 2 unspecified atom stereocenters. The fourth-order valence-corrected chi connectivity index (χ4v) is 3.17. The quantitative estimate of drug-likeness (QED) is 0.863. The molecular weight excluding hydrogens is 359 g/mol. The van der Waals surface area contributed by atoms with Crippen LogP contribution in [-0.2, 0) is 4.79 Å². The Morgan fingerprint density at radius 1 is 1.30 bits per heavy atom. The van der Waals surface area contributed by atoms with Gasteiger partial charge in [0.15, 0.2) is 6.10 Å². The lowest BCUT2D eigenvalue weighted by atomic mass is 9.91. The first kappa shape index (κ1) is 20.4. The standard InChI is InChI=1S/C16H22Cl2N2O2.ClH/c1-10(19)12-5-7-20(8-6-12)16(21)11(2)22-15-4-3-13(17)9-14(15)18;/h3-4,9-12H,5-8,19H2,1-2H3;1H. The zero-order valence-electron chi connectivity index (χ0n) is 13.3. The summed E-state index contributed by atoms with van der Waals surface area (Å²) in [5.74, 6) is 0.942. The average Bonchev–Trinajstić information content (AvgIpc) is 2.49. The van der Waals surface area contributed by atoms with Gasteiger partial charge in [-0.2, -0.15) is 0 Å². The van der Waals surface area contributed by atoms with Crippen LogP contribution in [0.1, 0.15) is 26.7 Å². The fourth-order valence-electron chi connectivity index (χ4n) is 2.71. The summed E-state index contributed by atoms with van der Waals surface area (Å²) in [7, 11) is 0. The van der Waals surface area contributed by atoms with E-state index in [0.29, 0.717) is 21.7 Å². The number of piperidine rings is 1. The Bertz CT molecular complexity index is 532. The van der Waals surface area contributed by atoms with Crippen LogP contribution in [-0.4, -0.2) is 36.0 Å². The normalized spacial score (nSPS) is 18.0. The first-order valence-corrected chi connectivity index (χ1v) is 8.30. The van der Waals surface area contributed by atoms with Crippen molar-refractivity contribution < 1.29 is 9.53 Å². The minimum atomic E-state index is -0.578. The van der Waals surface area contributed by atoms with Gasteiger partial charge >= 0.3 is 0 Å². The van der Waals surface area contributed by atoms with Gasteiger partial charge in [0, 0.05) is 24.2 Å². The van der Waals surface area contributed by atoms with Gasteiger partial charge in [-0.05, 0) is 50.8 Å². The number of benzene rings is 1. The molecule has 1 heterocycles. The van der Waals surface area contributed by atoms with E-state index in [2.05, 4.69) is 0 Å². The summed E-state index contributed by atoms with van der Waals surface area (Å²) in [5.41, 5.74) is 5.93. The highest BCUT2D eigenvalue weighted by molar-refractivity contribution is 6.35. The molecule has 0 saturated carbocycles. The van der Waals surface area contributed by atoms with E-state index in [0.717, 1.165) is 25.9 Å².